The van der Waals surface area contributed by atoms with Gasteiger partial charge in [0.2, 0.25) is 0 Å². The number of carbonyl (C=O) groups excluding carboxylic acids is 1. The smallest absolute Gasteiger partial charge is 0.302 e. The van der Waals surface area contributed by atoms with Crippen LogP contribution in [0.15, 0.2) is 0 Å². The van der Waals surface area contributed by atoms with Crippen molar-refractivity contribution in [1.82, 2.24) is 0 Å². The summed E-state index contributed by atoms with van der Waals surface area (Å²) in [5, 5.41) is 0. The van der Waals surface area contributed by atoms with Gasteiger partial charge in [0.15, 0.2) is 0 Å². The van der Waals surface area contributed by atoms with E-state index < -0.39 is 16.1 Å². The van der Waals surface area contributed by atoms with Crippen molar-refractivity contribution in [2.75, 3.05) is 12.4 Å². The molecule has 1 N–H and O–H groups in total. The summed E-state index contributed by atoms with van der Waals surface area (Å²) in [6.07, 6.45) is 0.123. The topological polar surface area (TPSA) is 80.7 Å². The van der Waals surface area contributed by atoms with Gasteiger partial charge in [0, 0.05) is 30.0 Å². The highest BCUT2D eigenvalue weighted by Gasteiger charge is 2.03. The third kappa shape index (κ3) is 12.8. The van der Waals surface area contributed by atoms with Crippen LogP contribution in [0.3, 0.4) is 0 Å². The van der Waals surface area contributed by atoms with Crippen LogP contribution in [0.5, 0.6) is 0 Å². The Balaban J connectivity index is 0. The van der Waals surface area contributed by atoms with Crippen molar-refractivity contribution in [2.45, 2.75) is 13.3 Å². The number of esters is 1. The fourth-order valence-electron chi connectivity index (χ4n) is 0.457. The second-order valence-electron chi connectivity index (χ2n) is 1.98. The number of hydrogen-bond acceptors (Lipinski definition) is 4. The molecule has 2 radical (unpaired) electrons. The lowest BCUT2D eigenvalue weighted by atomic mass is 10.5. The molecular weight excluding hydrogens is 196 g/mol. The number of rotatable bonds is 4. The van der Waals surface area contributed by atoms with Crippen LogP contribution in [-0.4, -0.2) is 54.4 Å². The van der Waals surface area contributed by atoms with E-state index in [0.717, 1.165) is 0 Å². The number of ether oxygens (including phenoxy) is 1. The van der Waals surface area contributed by atoms with Crippen molar-refractivity contribution in [2.24, 2.45) is 0 Å². The Kier molecular flexibility index (Phi) is 8.11. The van der Waals surface area contributed by atoms with Gasteiger partial charge < -0.3 is 4.74 Å². The zero-order valence-electron chi connectivity index (χ0n) is 6.82. The van der Waals surface area contributed by atoms with Gasteiger partial charge in [-0.1, -0.05) is 0 Å². The second kappa shape index (κ2) is 6.64. The van der Waals surface area contributed by atoms with Crippen molar-refractivity contribution in [3.8, 4) is 0 Å². The maximum absolute atomic E-state index is 10.1. The third-order valence-corrected chi connectivity index (χ3v) is 1.66. The van der Waals surface area contributed by atoms with E-state index >= 15 is 0 Å². The van der Waals surface area contributed by atoms with Crippen LogP contribution >= 0.6 is 0 Å². The molecule has 0 unspecified atom stereocenters. The predicted octanol–water partition coefficient (Wildman–Crippen LogP) is -0.553. The summed E-state index contributed by atoms with van der Waals surface area (Å²) in [6.45, 7) is 1.25. The van der Waals surface area contributed by atoms with Crippen LogP contribution in [0, 0.1) is 0 Å². The monoisotopic (exact) mass is 206 g/mol. The summed E-state index contributed by atoms with van der Waals surface area (Å²) >= 11 is 0. The summed E-state index contributed by atoms with van der Waals surface area (Å²) in [6, 6.07) is 0. The Labute approximate surface area is 87.4 Å². The summed E-state index contributed by atoms with van der Waals surface area (Å²) < 4.78 is 32.8. The molecule has 7 heteroatoms. The van der Waals surface area contributed by atoms with Crippen LogP contribution in [0.25, 0.3) is 0 Å². The van der Waals surface area contributed by atoms with E-state index in [-0.39, 0.29) is 41.8 Å². The molecule has 0 atom stereocenters. The molecule has 0 fully saturated rings. The minimum atomic E-state index is -3.91. The molecule has 0 rings (SSSR count). The van der Waals surface area contributed by atoms with Gasteiger partial charge in [0.25, 0.3) is 10.1 Å². The van der Waals surface area contributed by atoms with Crippen LogP contribution in [0.4, 0.5) is 0 Å². The van der Waals surface area contributed by atoms with E-state index in [2.05, 4.69) is 4.74 Å². The molecule has 0 aliphatic carbocycles. The van der Waals surface area contributed by atoms with E-state index in [0.29, 0.717) is 0 Å². The summed E-state index contributed by atoms with van der Waals surface area (Å²) in [7, 11) is -3.91. The van der Waals surface area contributed by atoms with Gasteiger partial charge in [-0.15, -0.1) is 0 Å². The standard InChI is InChI=1S/C5H10O5S.Mg/c1-5(6)10-3-2-4-11(7,8)9;/h2-4H2,1H3,(H,7,8,9);. The molecule has 5 nitrogen and oxygen atoms in total. The fraction of sp³-hybridized carbons (Fsp3) is 0.800. The molecule has 0 saturated heterocycles. The first-order valence-corrected chi connectivity index (χ1v) is 4.61. The number of hydrogen-bond donors (Lipinski definition) is 1. The zero-order valence-corrected chi connectivity index (χ0v) is 9.05. The molecular formula is C5H10MgO5S. The van der Waals surface area contributed by atoms with Crippen molar-refractivity contribution in [3.63, 3.8) is 0 Å². The van der Waals surface area contributed by atoms with Gasteiger partial charge in [-0.25, -0.2) is 0 Å². The third-order valence-electron chi connectivity index (χ3n) is 0.852. The average Bonchev–Trinajstić information content (AvgIpc) is 1.78. The molecule has 0 aromatic rings. The van der Waals surface area contributed by atoms with Crippen molar-refractivity contribution >= 4 is 39.1 Å². The first-order valence-electron chi connectivity index (χ1n) is 3.00. The van der Waals surface area contributed by atoms with E-state index in [1.165, 1.54) is 6.92 Å². The first-order chi connectivity index (χ1) is 4.92. The molecule has 0 aliphatic rings. The molecule has 0 heterocycles. The molecule has 0 aliphatic heterocycles. The van der Waals surface area contributed by atoms with Crippen LogP contribution in [0.1, 0.15) is 13.3 Å². The predicted molar refractivity (Wildman–Crippen MR) is 43.4 cm³/mol. The van der Waals surface area contributed by atoms with Gasteiger partial charge in [0.05, 0.1) is 12.4 Å². The fourth-order valence-corrected chi connectivity index (χ4v) is 0.940. The van der Waals surface area contributed by atoms with Crippen LogP contribution in [0.2, 0.25) is 0 Å². The molecule has 0 aromatic heterocycles. The Bertz CT molecular complexity index is 222. The Morgan fingerprint density at radius 2 is 2.00 bits per heavy atom. The van der Waals surface area contributed by atoms with Gasteiger partial charge >= 0.3 is 5.97 Å². The maximum atomic E-state index is 10.1. The molecule has 0 bridgehead atoms. The van der Waals surface area contributed by atoms with Crippen molar-refractivity contribution in [3.05, 3.63) is 0 Å². The molecule has 0 aromatic carbocycles. The lowest BCUT2D eigenvalue weighted by molar-refractivity contribution is -0.140. The van der Waals surface area contributed by atoms with Gasteiger partial charge in [0.1, 0.15) is 0 Å². The highest BCUT2D eigenvalue weighted by atomic mass is 32.2. The van der Waals surface area contributed by atoms with E-state index in [1.807, 2.05) is 0 Å². The molecule has 0 amide bonds. The van der Waals surface area contributed by atoms with Gasteiger partial charge in [-0.05, 0) is 6.42 Å². The highest BCUT2D eigenvalue weighted by molar-refractivity contribution is 7.85. The SMILES string of the molecule is CC(=O)OCCCS(=O)(=O)O.[Mg]. The van der Waals surface area contributed by atoms with Crippen molar-refractivity contribution in [1.29, 1.82) is 0 Å². The maximum Gasteiger partial charge on any atom is 0.302 e. The van der Waals surface area contributed by atoms with E-state index in [9.17, 15) is 13.2 Å². The minimum absolute atomic E-state index is 0. The molecule has 0 spiro atoms. The Hall–Kier alpha value is 0.146. The molecule has 0 saturated carbocycles. The van der Waals surface area contributed by atoms with E-state index in [4.69, 9.17) is 4.55 Å². The summed E-state index contributed by atoms with van der Waals surface area (Å²) in [5.74, 6) is -0.833. The Morgan fingerprint density at radius 1 is 1.50 bits per heavy atom. The molecule has 68 valence electrons. The van der Waals surface area contributed by atoms with Crippen LogP contribution in [-0.2, 0) is 19.6 Å². The van der Waals surface area contributed by atoms with Gasteiger partial charge in [-0.2, -0.15) is 8.42 Å². The highest BCUT2D eigenvalue weighted by Crippen LogP contribution is 1.89. The summed E-state index contributed by atoms with van der Waals surface area (Å²) in [4.78, 5) is 10.1. The average molecular weight is 207 g/mol. The minimum Gasteiger partial charge on any atom is -0.466 e. The zero-order chi connectivity index (χ0) is 8.91. The largest absolute Gasteiger partial charge is 0.466 e. The number of carbonyl (C=O) groups is 1. The quantitative estimate of drug-likeness (QED) is 0.289. The lowest BCUT2D eigenvalue weighted by Gasteiger charge is -1.98. The molecule has 12 heavy (non-hydrogen) atoms. The first kappa shape index (κ1) is 14.7. The summed E-state index contributed by atoms with van der Waals surface area (Å²) in [5.41, 5.74) is 0. The Morgan fingerprint density at radius 3 is 2.33 bits per heavy atom. The van der Waals surface area contributed by atoms with Crippen LogP contribution < -0.4 is 0 Å². The lowest BCUT2D eigenvalue weighted by Crippen LogP contribution is -2.08. The van der Waals surface area contributed by atoms with Crippen molar-refractivity contribution < 1.29 is 22.5 Å². The van der Waals surface area contributed by atoms with E-state index in [1.54, 1.807) is 0 Å². The second-order valence-corrected chi connectivity index (χ2v) is 3.55. The normalized spacial score (nSPS) is 10.2. The van der Waals surface area contributed by atoms with Gasteiger partial charge in [-0.3, -0.25) is 9.35 Å².